The van der Waals surface area contributed by atoms with Crippen molar-refractivity contribution in [2.45, 2.75) is 20.0 Å². The molecule has 0 atom stereocenters. The summed E-state index contributed by atoms with van der Waals surface area (Å²) in [6.45, 7) is 2.69. The minimum absolute atomic E-state index is 0.00348. The Hall–Kier alpha value is -2.82. The van der Waals surface area contributed by atoms with Gasteiger partial charge in [0.15, 0.2) is 0 Å². The molecule has 0 spiro atoms. The molecule has 0 saturated heterocycles. The molecule has 130 valence electrons. The zero-order valence-corrected chi connectivity index (χ0v) is 14.5. The van der Waals surface area contributed by atoms with E-state index < -0.39 is 0 Å². The van der Waals surface area contributed by atoms with Crippen molar-refractivity contribution in [3.8, 4) is 11.5 Å². The lowest BCUT2D eigenvalue weighted by Gasteiger charge is -2.28. The maximum atomic E-state index is 12.4. The van der Waals surface area contributed by atoms with Gasteiger partial charge in [-0.05, 0) is 54.8 Å². The van der Waals surface area contributed by atoms with E-state index in [2.05, 4.69) is 0 Å². The molecule has 0 aromatic heterocycles. The summed E-state index contributed by atoms with van der Waals surface area (Å²) in [4.78, 5) is 25.3. The van der Waals surface area contributed by atoms with Crippen LogP contribution in [0.2, 0.25) is 0 Å². The molecule has 0 fully saturated rings. The van der Waals surface area contributed by atoms with Crippen molar-refractivity contribution in [3.63, 3.8) is 0 Å². The number of carbonyl (C=O) groups excluding carboxylic acids is 2. The van der Waals surface area contributed by atoms with Crippen LogP contribution in [-0.4, -0.2) is 36.8 Å². The Morgan fingerprint density at radius 2 is 1.84 bits per heavy atom. The number of nitrogens with zero attached hydrogens (tertiary/aromatic N) is 1. The Kier molecular flexibility index (Phi) is 5.03. The molecule has 5 nitrogen and oxygen atoms in total. The summed E-state index contributed by atoms with van der Waals surface area (Å²) in [5, 5.41) is 0. The highest BCUT2D eigenvalue weighted by atomic mass is 16.5. The molecule has 1 amide bonds. The van der Waals surface area contributed by atoms with Gasteiger partial charge in [0.2, 0.25) is 0 Å². The van der Waals surface area contributed by atoms with Crippen LogP contribution in [0.25, 0.3) is 0 Å². The minimum Gasteiger partial charge on any atom is -0.497 e. The van der Waals surface area contributed by atoms with Gasteiger partial charge in [0.25, 0.3) is 5.91 Å². The topological polar surface area (TPSA) is 55.8 Å². The van der Waals surface area contributed by atoms with E-state index in [9.17, 15) is 9.59 Å². The van der Waals surface area contributed by atoms with Gasteiger partial charge in [0.05, 0.1) is 13.7 Å². The second-order valence-corrected chi connectivity index (χ2v) is 6.13. The van der Waals surface area contributed by atoms with Crippen LogP contribution >= 0.6 is 0 Å². The fraction of sp³-hybridized carbons (Fsp3) is 0.300. The average molecular weight is 339 g/mol. The van der Waals surface area contributed by atoms with Crippen molar-refractivity contribution < 1.29 is 19.1 Å². The second-order valence-electron chi connectivity index (χ2n) is 6.13. The largest absolute Gasteiger partial charge is 0.497 e. The SMILES string of the molecule is COc1ccc(COc2ccc3c(c2)CCN(CC(C)=O)C3=O)cc1. The number of benzene rings is 2. The molecular formula is C20H21NO4. The third-order valence-corrected chi connectivity index (χ3v) is 4.22. The third kappa shape index (κ3) is 3.99. The molecule has 0 radical (unpaired) electrons. The number of ether oxygens (including phenoxy) is 2. The molecule has 0 N–H and O–H groups in total. The molecule has 0 bridgehead atoms. The number of hydrogen-bond acceptors (Lipinski definition) is 4. The number of amides is 1. The van der Waals surface area contributed by atoms with Crippen molar-refractivity contribution in [2.75, 3.05) is 20.2 Å². The number of fused-ring (bicyclic) bond motifs is 1. The van der Waals surface area contributed by atoms with Crippen LogP contribution in [0.1, 0.15) is 28.4 Å². The highest BCUT2D eigenvalue weighted by Crippen LogP contribution is 2.24. The summed E-state index contributed by atoms with van der Waals surface area (Å²) in [6, 6.07) is 13.2. The molecule has 2 aromatic carbocycles. The maximum absolute atomic E-state index is 12.4. The van der Waals surface area contributed by atoms with Crippen molar-refractivity contribution in [1.82, 2.24) is 4.90 Å². The smallest absolute Gasteiger partial charge is 0.254 e. The second kappa shape index (κ2) is 7.38. The zero-order chi connectivity index (χ0) is 17.8. The molecule has 1 aliphatic rings. The monoisotopic (exact) mass is 339 g/mol. The van der Waals surface area contributed by atoms with Crippen molar-refractivity contribution in [3.05, 3.63) is 59.2 Å². The lowest BCUT2D eigenvalue weighted by Crippen LogP contribution is -2.40. The van der Waals surface area contributed by atoms with Gasteiger partial charge in [-0.15, -0.1) is 0 Å². The first-order valence-corrected chi connectivity index (χ1v) is 8.24. The van der Waals surface area contributed by atoms with E-state index in [1.807, 2.05) is 30.3 Å². The van der Waals surface area contributed by atoms with Crippen LogP contribution < -0.4 is 9.47 Å². The predicted octanol–water partition coefficient (Wildman–Crippen LogP) is 2.86. The Morgan fingerprint density at radius 1 is 1.12 bits per heavy atom. The summed E-state index contributed by atoms with van der Waals surface area (Å²) >= 11 is 0. The first-order valence-electron chi connectivity index (χ1n) is 8.24. The summed E-state index contributed by atoms with van der Waals surface area (Å²) in [6.07, 6.45) is 0.730. The number of carbonyl (C=O) groups is 2. The summed E-state index contributed by atoms with van der Waals surface area (Å²) < 4.78 is 11.0. The van der Waals surface area contributed by atoms with Gasteiger partial charge in [0.1, 0.15) is 23.9 Å². The third-order valence-electron chi connectivity index (χ3n) is 4.22. The number of ketones is 1. The van der Waals surface area contributed by atoms with E-state index in [1.165, 1.54) is 6.92 Å². The van der Waals surface area contributed by atoms with Gasteiger partial charge in [-0.25, -0.2) is 0 Å². The van der Waals surface area contributed by atoms with Gasteiger partial charge in [-0.1, -0.05) is 12.1 Å². The Bertz CT molecular complexity index is 783. The molecule has 25 heavy (non-hydrogen) atoms. The van der Waals surface area contributed by atoms with Crippen LogP contribution in [0, 0.1) is 0 Å². The van der Waals surface area contributed by atoms with Crippen LogP contribution in [0.15, 0.2) is 42.5 Å². The van der Waals surface area contributed by atoms with Crippen LogP contribution in [0.3, 0.4) is 0 Å². The van der Waals surface area contributed by atoms with Crippen LogP contribution in [-0.2, 0) is 17.8 Å². The maximum Gasteiger partial charge on any atom is 0.254 e. The number of Topliss-reactive ketones (excluding diaryl/α,β-unsaturated/α-hetero) is 1. The van der Waals surface area contributed by atoms with E-state index in [4.69, 9.17) is 9.47 Å². The molecule has 0 aliphatic carbocycles. The molecule has 5 heteroatoms. The van der Waals surface area contributed by atoms with Gasteiger partial charge >= 0.3 is 0 Å². The lowest BCUT2D eigenvalue weighted by molar-refractivity contribution is -0.117. The number of hydrogen-bond donors (Lipinski definition) is 0. The average Bonchev–Trinajstić information content (AvgIpc) is 2.62. The fourth-order valence-corrected chi connectivity index (χ4v) is 2.91. The highest BCUT2D eigenvalue weighted by Gasteiger charge is 2.25. The Morgan fingerprint density at radius 3 is 2.52 bits per heavy atom. The first kappa shape index (κ1) is 17.0. The fourth-order valence-electron chi connectivity index (χ4n) is 2.91. The summed E-state index contributed by atoms with van der Waals surface area (Å²) in [5.74, 6) is 1.46. The van der Waals surface area contributed by atoms with Crippen LogP contribution in [0.5, 0.6) is 11.5 Å². The molecule has 1 aliphatic heterocycles. The summed E-state index contributed by atoms with van der Waals surface area (Å²) in [7, 11) is 1.64. The molecule has 1 heterocycles. The predicted molar refractivity (Wildman–Crippen MR) is 94.1 cm³/mol. The molecule has 2 aromatic rings. The summed E-state index contributed by atoms with van der Waals surface area (Å²) in [5.41, 5.74) is 2.67. The van der Waals surface area contributed by atoms with E-state index in [1.54, 1.807) is 24.1 Å². The quantitative estimate of drug-likeness (QED) is 0.812. The standard InChI is InChI=1S/C20H21NO4/c1-14(22)12-21-10-9-16-11-18(7-8-19(16)20(21)23)25-13-15-3-5-17(24-2)6-4-15/h3-8,11H,9-10,12-13H2,1-2H3. The molecule has 0 saturated carbocycles. The molecular weight excluding hydrogens is 318 g/mol. The van der Waals surface area contributed by atoms with E-state index in [0.717, 1.165) is 29.0 Å². The van der Waals surface area contributed by atoms with Crippen molar-refractivity contribution in [1.29, 1.82) is 0 Å². The van der Waals surface area contributed by atoms with E-state index in [-0.39, 0.29) is 18.2 Å². The van der Waals surface area contributed by atoms with Gasteiger partial charge in [0, 0.05) is 12.1 Å². The highest BCUT2D eigenvalue weighted by molar-refractivity contribution is 5.98. The Labute approximate surface area is 147 Å². The number of methoxy groups -OCH3 is 1. The minimum atomic E-state index is -0.0850. The van der Waals surface area contributed by atoms with Crippen molar-refractivity contribution >= 4 is 11.7 Å². The zero-order valence-electron chi connectivity index (χ0n) is 14.5. The van der Waals surface area contributed by atoms with Crippen LogP contribution in [0.4, 0.5) is 0 Å². The molecule has 0 unspecified atom stereocenters. The van der Waals surface area contributed by atoms with Gasteiger partial charge < -0.3 is 14.4 Å². The normalized spacial score (nSPS) is 13.4. The first-order chi connectivity index (χ1) is 12.1. The van der Waals surface area contributed by atoms with E-state index >= 15 is 0 Å². The van der Waals surface area contributed by atoms with Gasteiger partial charge in [-0.2, -0.15) is 0 Å². The van der Waals surface area contributed by atoms with E-state index in [0.29, 0.717) is 18.7 Å². The molecule has 3 rings (SSSR count). The lowest BCUT2D eigenvalue weighted by atomic mass is 9.98. The Balaban J connectivity index is 1.67. The van der Waals surface area contributed by atoms with Gasteiger partial charge in [-0.3, -0.25) is 9.59 Å². The number of rotatable bonds is 6. The van der Waals surface area contributed by atoms with Crippen molar-refractivity contribution in [2.24, 2.45) is 0 Å².